The van der Waals surface area contributed by atoms with Crippen LogP contribution in [-0.2, 0) is 40.0 Å². The molecule has 0 spiro atoms. The van der Waals surface area contributed by atoms with Crippen LogP contribution in [-0.4, -0.2) is 78.7 Å². The van der Waals surface area contributed by atoms with Crippen molar-refractivity contribution in [2.75, 3.05) is 26.2 Å². The Morgan fingerprint density at radius 3 is 1.90 bits per heavy atom. The number of carbonyl (C=O) groups is 7. The zero-order valence-corrected chi connectivity index (χ0v) is 23.0. The fourth-order valence-corrected chi connectivity index (χ4v) is 3.57. The fraction of sp³-hybridized carbons (Fsp3) is 0.519. The van der Waals surface area contributed by atoms with Crippen LogP contribution in [0.5, 0.6) is 0 Å². The molecular weight excluding hydrogens is 536 g/mol. The predicted octanol–water partition coefficient (Wildman–Crippen LogP) is -1.13. The largest absolute Gasteiger partial charge is 0.481 e. The highest BCUT2D eigenvalue weighted by Gasteiger charge is 2.22. The number of amides is 6. The van der Waals surface area contributed by atoms with Gasteiger partial charge in [-0.05, 0) is 24.8 Å². The van der Waals surface area contributed by atoms with Crippen LogP contribution in [0.25, 0.3) is 0 Å². The van der Waals surface area contributed by atoms with Crippen LogP contribution >= 0.6 is 0 Å². The van der Waals surface area contributed by atoms with Crippen LogP contribution in [0.2, 0.25) is 0 Å². The van der Waals surface area contributed by atoms with Crippen molar-refractivity contribution in [3.8, 4) is 0 Å². The summed E-state index contributed by atoms with van der Waals surface area (Å²) in [5.41, 5.74) is 5.81. The molecule has 0 unspecified atom stereocenters. The molecule has 14 heteroatoms. The van der Waals surface area contributed by atoms with Crippen LogP contribution in [0.3, 0.4) is 0 Å². The van der Waals surface area contributed by atoms with Gasteiger partial charge in [-0.1, -0.05) is 43.2 Å². The Bertz CT molecular complexity index is 1030. The van der Waals surface area contributed by atoms with Crippen molar-refractivity contribution in [3.05, 3.63) is 35.9 Å². The number of rotatable bonds is 21. The summed E-state index contributed by atoms with van der Waals surface area (Å²) in [6.45, 7) is -0.878. The maximum atomic E-state index is 12.8. The molecule has 6 amide bonds. The SMILES string of the molecule is NC(=O)CCCNC(=O)CNC(=O)[C@H](Cc1ccccc1)NC(=O)CNC(=O)CNC(=O)CCCCCCC(=O)O. The van der Waals surface area contributed by atoms with Gasteiger partial charge in [-0.3, -0.25) is 33.6 Å². The number of carbonyl (C=O) groups excluding carboxylic acids is 6. The first-order chi connectivity index (χ1) is 19.6. The van der Waals surface area contributed by atoms with E-state index in [2.05, 4.69) is 26.6 Å². The predicted molar refractivity (Wildman–Crippen MR) is 148 cm³/mol. The maximum Gasteiger partial charge on any atom is 0.303 e. The molecular formula is C27H40N6O8. The van der Waals surface area contributed by atoms with Crippen LogP contribution in [0, 0.1) is 0 Å². The highest BCUT2D eigenvalue weighted by Crippen LogP contribution is 2.05. The summed E-state index contributed by atoms with van der Waals surface area (Å²) in [7, 11) is 0. The second-order valence-corrected chi connectivity index (χ2v) is 9.31. The van der Waals surface area contributed by atoms with E-state index in [9.17, 15) is 33.6 Å². The Morgan fingerprint density at radius 2 is 1.24 bits per heavy atom. The van der Waals surface area contributed by atoms with E-state index in [4.69, 9.17) is 10.8 Å². The van der Waals surface area contributed by atoms with Gasteiger partial charge >= 0.3 is 5.97 Å². The van der Waals surface area contributed by atoms with Gasteiger partial charge in [0.1, 0.15) is 6.04 Å². The highest BCUT2D eigenvalue weighted by atomic mass is 16.4. The fourth-order valence-electron chi connectivity index (χ4n) is 3.57. The van der Waals surface area contributed by atoms with E-state index in [1.165, 1.54) is 0 Å². The average Bonchev–Trinajstić information content (AvgIpc) is 2.93. The summed E-state index contributed by atoms with van der Waals surface area (Å²) in [5, 5.41) is 21.0. The molecule has 0 fully saturated rings. The number of unbranched alkanes of at least 4 members (excludes halogenated alkanes) is 3. The summed E-state index contributed by atoms with van der Waals surface area (Å²) in [5.74, 6) is -3.97. The van der Waals surface area contributed by atoms with Crippen molar-refractivity contribution in [2.45, 2.75) is 63.8 Å². The van der Waals surface area contributed by atoms with E-state index in [1.807, 2.05) is 0 Å². The van der Waals surface area contributed by atoms with Gasteiger partial charge in [0.15, 0.2) is 0 Å². The van der Waals surface area contributed by atoms with Gasteiger partial charge in [0.2, 0.25) is 35.4 Å². The van der Waals surface area contributed by atoms with E-state index < -0.39 is 48.1 Å². The molecule has 0 aliphatic heterocycles. The maximum absolute atomic E-state index is 12.8. The molecule has 0 heterocycles. The normalized spacial score (nSPS) is 11.0. The number of nitrogens with two attached hydrogens (primary N) is 1. The molecule has 1 aromatic rings. The minimum atomic E-state index is -1.03. The number of benzene rings is 1. The molecule has 1 aromatic carbocycles. The number of carboxylic acid groups (broad SMARTS) is 1. The van der Waals surface area contributed by atoms with Gasteiger partial charge in [0.25, 0.3) is 0 Å². The lowest BCUT2D eigenvalue weighted by Crippen LogP contribution is -2.52. The quantitative estimate of drug-likeness (QED) is 0.0884. The van der Waals surface area contributed by atoms with E-state index in [1.54, 1.807) is 30.3 Å². The number of hydrogen-bond acceptors (Lipinski definition) is 7. The average molecular weight is 577 g/mol. The first-order valence-electron chi connectivity index (χ1n) is 13.5. The molecule has 226 valence electrons. The van der Waals surface area contributed by atoms with Crippen molar-refractivity contribution in [3.63, 3.8) is 0 Å². The molecule has 0 bridgehead atoms. The third kappa shape index (κ3) is 18.4. The number of carboxylic acids is 1. The first kappa shape index (κ1) is 34.5. The molecule has 0 radical (unpaired) electrons. The summed E-state index contributed by atoms with van der Waals surface area (Å²) in [6, 6.07) is 7.88. The van der Waals surface area contributed by atoms with Gasteiger partial charge in [0.05, 0.1) is 19.6 Å². The lowest BCUT2D eigenvalue weighted by molar-refractivity contribution is -0.137. The van der Waals surface area contributed by atoms with Crippen LogP contribution in [0.1, 0.15) is 56.9 Å². The molecule has 41 heavy (non-hydrogen) atoms. The van der Waals surface area contributed by atoms with Gasteiger partial charge < -0.3 is 37.4 Å². The Balaban J connectivity index is 2.44. The minimum absolute atomic E-state index is 0.0928. The molecule has 0 aliphatic carbocycles. The highest BCUT2D eigenvalue weighted by molar-refractivity contribution is 5.92. The molecule has 0 aromatic heterocycles. The summed E-state index contributed by atoms with van der Waals surface area (Å²) in [6.07, 6.45) is 3.43. The first-order valence-corrected chi connectivity index (χ1v) is 13.5. The van der Waals surface area contributed by atoms with Crippen molar-refractivity contribution in [1.82, 2.24) is 26.6 Å². The topological polar surface area (TPSA) is 226 Å². The van der Waals surface area contributed by atoms with Crippen molar-refractivity contribution in [1.29, 1.82) is 0 Å². The number of hydrogen-bond donors (Lipinski definition) is 7. The van der Waals surface area contributed by atoms with Gasteiger partial charge in [-0.2, -0.15) is 0 Å². The Morgan fingerprint density at radius 1 is 0.659 bits per heavy atom. The standard InChI is InChI=1S/C27H40N6O8/c28-21(34)11-8-14-29-23(36)17-32-27(41)20(15-19-9-4-3-5-10-19)33-25(38)18-31-24(37)16-30-22(35)12-6-1-2-7-13-26(39)40/h3-5,9-10,20H,1-2,6-8,11-18H2,(H2,28,34)(H,29,36)(H,30,35)(H,31,37)(H,32,41)(H,33,38)(H,39,40)/t20-/m0/s1. The summed E-state index contributed by atoms with van der Waals surface area (Å²) in [4.78, 5) is 82.4. The van der Waals surface area contributed by atoms with Gasteiger partial charge in [-0.25, -0.2) is 0 Å². The van der Waals surface area contributed by atoms with Gasteiger partial charge in [0, 0.05) is 32.2 Å². The third-order valence-corrected chi connectivity index (χ3v) is 5.72. The second-order valence-electron chi connectivity index (χ2n) is 9.31. The van der Waals surface area contributed by atoms with E-state index >= 15 is 0 Å². The Hall–Kier alpha value is -4.49. The lowest BCUT2D eigenvalue weighted by atomic mass is 10.1. The molecule has 0 aliphatic rings. The Kier molecular flexibility index (Phi) is 17.2. The van der Waals surface area contributed by atoms with E-state index in [0.717, 1.165) is 5.56 Å². The third-order valence-electron chi connectivity index (χ3n) is 5.72. The van der Waals surface area contributed by atoms with Crippen molar-refractivity contribution >= 4 is 41.4 Å². The molecule has 0 saturated carbocycles. The van der Waals surface area contributed by atoms with Crippen molar-refractivity contribution in [2.24, 2.45) is 5.73 Å². The number of nitrogens with one attached hydrogen (secondary N) is 5. The molecule has 8 N–H and O–H groups in total. The second kappa shape index (κ2) is 20.4. The molecule has 0 saturated heterocycles. The van der Waals surface area contributed by atoms with Crippen LogP contribution < -0.4 is 32.3 Å². The summed E-state index contributed by atoms with van der Waals surface area (Å²) < 4.78 is 0. The van der Waals surface area contributed by atoms with Crippen LogP contribution in [0.15, 0.2) is 30.3 Å². The zero-order chi connectivity index (χ0) is 30.5. The minimum Gasteiger partial charge on any atom is -0.481 e. The van der Waals surface area contributed by atoms with Crippen molar-refractivity contribution < 1.29 is 38.7 Å². The van der Waals surface area contributed by atoms with Gasteiger partial charge in [-0.15, -0.1) is 0 Å². The molecule has 14 nitrogen and oxygen atoms in total. The number of primary amides is 1. The molecule has 1 rings (SSSR count). The van der Waals surface area contributed by atoms with E-state index in [-0.39, 0.29) is 51.2 Å². The smallest absolute Gasteiger partial charge is 0.303 e. The zero-order valence-electron chi connectivity index (χ0n) is 23.0. The summed E-state index contributed by atoms with van der Waals surface area (Å²) >= 11 is 0. The monoisotopic (exact) mass is 576 g/mol. The Labute approximate surface area is 238 Å². The molecule has 1 atom stereocenters. The van der Waals surface area contributed by atoms with E-state index in [0.29, 0.717) is 32.1 Å². The lowest BCUT2D eigenvalue weighted by Gasteiger charge is -2.19. The number of aliphatic carboxylic acids is 1. The van der Waals surface area contributed by atoms with Crippen LogP contribution in [0.4, 0.5) is 0 Å².